The molecule has 1 aromatic heterocycles. The molecule has 10 heavy (non-hydrogen) atoms. The molecule has 2 nitrogen and oxygen atoms in total. The average Bonchev–Trinajstić information content (AvgIpc) is 2.34. The first kappa shape index (κ1) is 7.18. The second kappa shape index (κ2) is 3.29. The number of nitrogens with one attached hydrogen (secondary N) is 1. The number of imidazole rings is 1. The van der Waals surface area contributed by atoms with Crippen molar-refractivity contribution in [1.82, 2.24) is 4.98 Å². The van der Waals surface area contributed by atoms with E-state index < -0.39 is 6.43 Å². The summed E-state index contributed by atoms with van der Waals surface area (Å²) >= 11 is 0. The maximum absolute atomic E-state index is 11.6. The molecular weight excluding hydrogens is 138 g/mol. The summed E-state index contributed by atoms with van der Waals surface area (Å²) in [6.07, 6.45) is 2.79. The molecule has 0 saturated heterocycles. The van der Waals surface area contributed by atoms with E-state index >= 15 is 0 Å². The van der Waals surface area contributed by atoms with Crippen molar-refractivity contribution in [2.45, 2.75) is 19.4 Å². The number of alkyl halides is 2. The number of hydrogen-bond acceptors (Lipinski definition) is 0. The maximum Gasteiger partial charge on any atom is 0.242 e. The summed E-state index contributed by atoms with van der Waals surface area (Å²) in [4.78, 5) is 2.77. The number of halogens is 2. The predicted molar refractivity (Wildman–Crippen MR) is 31.6 cm³/mol. The Morgan fingerprint density at radius 1 is 1.50 bits per heavy atom. The fourth-order valence-corrected chi connectivity index (χ4v) is 0.706. The number of aromatic amines is 1. The summed E-state index contributed by atoms with van der Waals surface area (Å²) in [6.45, 7) is 0.376. The first-order valence-corrected chi connectivity index (χ1v) is 3.09. The highest BCUT2D eigenvalue weighted by Gasteiger charge is 2.04. The maximum atomic E-state index is 11.6. The highest BCUT2D eigenvalue weighted by atomic mass is 19.3. The Kier molecular flexibility index (Phi) is 2.36. The number of hydrogen-bond donors (Lipinski definition) is 1. The van der Waals surface area contributed by atoms with Gasteiger partial charge in [0.15, 0.2) is 0 Å². The molecule has 0 amide bonds. The van der Waals surface area contributed by atoms with Gasteiger partial charge < -0.3 is 0 Å². The van der Waals surface area contributed by atoms with Crippen LogP contribution < -0.4 is 4.57 Å². The van der Waals surface area contributed by atoms with Crippen LogP contribution in [-0.4, -0.2) is 11.4 Å². The van der Waals surface area contributed by atoms with Gasteiger partial charge in [0, 0.05) is 6.42 Å². The lowest BCUT2D eigenvalue weighted by Gasteiger charge is -1.93. The van der Waals surface area contributed by atoms with Crippen molar-refractivity contribution in [1.29, 1.82) is 0 Å². The highest BCUT2D eigenvalue weighted by Crippen LogP contribution is 1.96. The Morgan fingerprint density at radius 2 is 2.30 bits per heavy atom. The molecule has 0 saturated carbocycles. The van der Waals surface area contributed by atoms with Gasteiger partial charge in [-0.1, -0.05) is 0 Å². The van der Waals surface area contributed by atoms with Crippen LogP contribution in [0.25, 0.3) is 0 Å². The third kappa shape index (κ3) is 2.13. The molecule has 56 valence electrons. The quantitative estimate of drug-likeness (QED) is 0.614. The molecule has 0 aliphatic carbocycles. The first-order valence-electron chi connectivity index (χ1n) is 3.09. The van der Waals surface area contributed by atoms with Crippen LogP contribution in [0.15, 0.2) is 18.7 Å². The van der Waals surface area contributed by atoms with Gasteiger partial charge >= 0.3 is 0 Å². The van der Waals surface area contributed by atoms with Crippen LogP contribution in [0.4, 0.5) is 8.78 Å². The summed E-state index contributed by atoms with van der Waals surface area (Å²) in [5, 5.41) is 0. The Morgan fingerprint density at radius 3 is 2.80 bits per heavy atom. The van der Waals surface area contributed by atoms with E-state index in [1.165, 1.54) is 0 Å². The fraction of sp³-hybridized carbons (Fsp3) is 0.500. The monoisotopic (exact) mass is 147 g/mol. The van der Waals surface area contributed by atoms with Gasteiger partial charge in [-0.2, -0.15) is 0 Å². The van der Waals surface area contributed by atoms with Crippen molar-refractivity contribution in [3.63, 3.8) is 0 Å². The standard InChI is InChI=1S/C6H8F2N2/c7-6(8)1-3-10-4-2-9-5-10/h2,4-6H,1,3H2/p+1. The Bertz CT molecular complexity index is 172. The smallest absolute Gasteiger partial charge is 0.242 e. The van der Waals surface area contributed by atoms with Gasteiger partial charge in [-0.25, -0.2) is 13.3 Å². The van der Waals surface area contributed by atoms with Crippen molar-refractivity contribution < 1.29 is 13.3 Å². The molecule has 0 radical (unpaired) electrons. The van der Waals surface area contributed by atoms with Gasteiger partial charge in [-0.15, -0.1) is 0 Å². The Balaban J connectivity index is 2.28. The van der Waals surface area contributed by atoms with Gasteiger partial charge in [0.1, 0.15) is 12.4 Å². The van der Waals surface area contributed by atoms with Gasteiger partial charge in [0.25, 0.3) is 0 Å². The minimum Gasteiger partial charge on any atom is -0.250 e. The van der Waals surface area contributed by atoms with E-state index in [-0.39, 0.29) is 6.42 Å². The molecule has 0 spiro atoms. The SMILES string of the molecule is FC(F)CC[n+]1cc[nH]c1. The van der Waals surface area contributed by atoms with Crippen molar-refractivity contribution in [2.24, 2.45) is 0 Å². The number of aromatic nitrogens is 2. The van der Waals surface area contributed by atoms with E-state index in [0.29, 0.717) is 6.54 Å². The van der Waals surface area contributed by atoms with Crippen LogP contribution in [0.1, 0.15) is 6.42 Å². The van der Waals surface area contributed by atoms with Gasteiger partial charge in [-0.05, 0) is 0 Å². The number of rotatable bonds is 3. The lowest BCUT2D eigenvalue weighted by atomic mass is 10.4. The van der Waals surface area contributed by atoms with E-state index in [2.05, 4.69) is 4.98 Å². The molecule has 0 bridgehead atoms. The molecular formula is C6H9F2N2+. The summed E-state index contributed by atoms with van der Waals surface area (Å²) in [5.41, 5.74) is 0. The fourth-order valence-electron chi connectivity index (χ4n) is 0.706. The second-order valence-corrected chi connectivity index (χ2v) is 2.03. The third-order valence-corrected chi connectivity index (χ3v) is 1.21. The zero-order chi connectivity index (χ0) is 7.40. The average molecular weight is 147 g/mol. The molecule has 0 aromatic carbocycles. The minimum atomic E-state index is -2.21. The van der Waals surface area contributed by atoms with Crippen LogP contribution in [0.2, 0.25) is 0 Å². The third-order valence-electron chi connectivity index (χ3n) is 1.21. The molecule has 1 heterocycles. The van der Waals surface area contributed by atoms with Crippen LogP contribution in [0, 0.1) is 0 Å². The normalized spacial score (nSPS) is 10.7. The second-order valence-electron chi connectivity index (χ2n) is 2.03. The highest BCUT2D eigenvalue weighted by molar-refractivity contribution is 4.55. The number of aryl methyl sites for hydroxylation is 1. The van der Waals surface area contributed by atoms with E-state index in [1.807, 2.05) is 0 Å². The lowest BCUT2D eigenvalue weighted by Crippen LogP contribution is -2.31. The molecule has 1 N–H and O–H groups in total. The summed E-state index contributed by atoms with van der Waals surface area (Å²) in [5.74, 6) is 0. The zero-order valence-corrected chi connectivity index (χ0v) is 5.43. The molecule has 0 fully saturated rings. The van der Waals surface area contributed by atoms with Crippen molar-refractivity contribution in [3.05, 3.63) is 18.7 Å². The largest absolute Gasteiger partial charge is 0.250 e. The molecule has 1 rings (SSSR count). The summed E-state index contributed by atoms with van der Waals surface area (Å²) < 4.78 is 24.9. The van der Waals surface area contributed by atoms with Gasteiger partial charge in [-0.3, -0.25) is 4.98 Å². The Labute approximate surface area is 57.5 Å². The molecule has 4 heteroatoms. The molecule has 0 aliphatic rings. The summed E-state index contributed by atoms with van der Waals surface area (Å²) in [7, 11) is 0. The van der Waals surface area contributed by atoms with E-state index in [4.69, 9.17) is 0 Å². The predicted octanol–water partition coefficient (Wildman–Crippen LogP) is 0.957. The first-order chi connectivity index (χ1) is 4.79. The Hall–Kier alpha value is -0.930. The molecule has 1 aromatic rings. The van der Waals surface area contributed by atoms with Gasteiger partial charge in [0.2, 0.25) is 12.8 Å². The minimum absolute atomic E-state index is 0.0808. The number of nitrogens with zero attached hydrogens (tertiary/aromatic N) is 1. The van der Waals surface area contributed by atoms with Crippen LogP contribution in [0.3, 0.4) is 0 Å². The topological polar surface area (TPSA) is 19.7 Å². The number of H-pyrrole nitrogens is 1. The van der Waals surface area contributed by atoms with E-state index in [9.17, 15) is 8.78 Å². The van der Waals surface area contributed by atoms with Crippen LogP contribution >= 0.6 is 0 Å². The van der Waals surface area contributed by atoms with E-state index in [0.717, 1.165) is 0 Å². The molecule has 0 atom stereocenters. The zero-order valence-electron chi connectivity index (χ0n) is 5.43. The van der Waals surface area contributed by atoms with Crippen molar-refractivity contribution in [2.75, 3.05) is 0 Å². The summed E-state index contributed by atoms with van der Waals surface area (Å²) in [6, 6.07) is 0. The lowest BCUT2D eigenvalue weighted by molar-refractivity contribution is -0.697. The van der Waals surface area contributed by atoms with Gasteiger partial charge in [0.05, 0.1) is 6.54 Å². The van der Waals surface area contributed by atoms with Crippen LogP contribution in [0.5, 0.6) is 0 Å². The van der Waals surface area contributed by atoms with Crippen molar-refractivity contribution >= 4 is 0 Å². The molecule has 0 unspecified atom stereocenters. The van der Waals surface area contributed by atoms with E-state index in [1.54, 1.807) is 23.3 Å². The molecule has 0 aliphatic heterocycles. The van der Waals surface area contributed by atoms with Crippen molar-refractivity contribution in [3.8, 4) is 0 Å². The van der Waals surface area contributed by atoms with Crippen LogP contribution in [-0.2, 0) is 6.54 Å².